The van der Waals surface area contributed by atoms with E-state index in [4.69, 9.17) is 5.26 Å². The number of aromatic nitrogens is 2. The first kappa shape index (κ1) is 18.8. The van der Waals surface area contributed by atoms with Crippen LogP contribution >= 0.6 is 0 Å². The van der Waals surface area contributed by atoms with Crippen molar-refractivity contribution >= 4 is 5.70 Å². The van der Waals surface area contributed by atoms with Gasteiger partial charge in [0.15, 0.2) is 6.19 Å². The normalized spacial score (nSPS) is 18.2. The molecule has 1 fully saturated rings. The third kappa shape index (κ3) is 4.49. The number of hydrogen-bond acceptors (Lipinski definition) is 4. The molecule has 1 heterocycles. The number of nitrogens with zero attached hydrogens (tertiary/aromatic N) is 2. The molecule has 1 saturated carbocycles. The van der Waals surface area contributed by atoms with E-state index in [0.717, 1.165) is 48.3 Å². The van der Waals surface area contributed by atoms with Crippen LogP contribution in [0.5, 0.6) is 0 Å². The van der Waals surface area contributed by atoms with Crippen LogP contribution in [0.3, 0.4) is 0 Å². The fraction of sp³-hybridized carbons (Fsp3) is 0.250. The molecule has 29 heavy (non-hydrogen) atoms. The van der Waals surface area contributed by atoms with Crippen molar-refractivity contribution in [2.24, 2.45) is 0 Å². The Morgan fingerprint density at radius 1 is 1.10 bits per heavy atom. The molecular formula is C24H25N5. The van der Waals surface area contributed by atoms with Gasteiger partial charge in [0.2, 0.25) is 0 Å². The molecule has 5 heteroatoms. The summed E-state index contributed by atoms with van der Waals surface area (Å²) in [6, 6.07) is 21.5. The molecule has 2 unspecified atom stereocenters. The lowest BCUT2D eigenvalue weighted by Crippen LogP contribution is -2.28. The number of nitrogens with one attached hydrogen (secondary N) is 3. The lowest BCUT2D eigenvalue weighted by molar-refractivity contribution is 0.572. The topological polar surface area (TPSA) is 76.5 Å². The Balaban J connectivity index is 1.47. The molecule has 0 aliphatic heterocycles. The van der Waals surface area contributed by atoms with Crippen molar-refractivity contribution in [1.29, 1.82) is 5.26 Å². The lowest BCUT2D eigenvalue weighted by Gasteiger charge is -2.15. The van der Waals surface area contributed by atoms with Crippen molar-refractivity contribution in [3.63, 3.8) is 0 Å². The number of nitriles is 1. The lowest BCUT2D eigenvalue weighted by atomic mass is 9.98. The van der Waals surface area contributed by atoms with Gasteiger partial charge in [-0.1, -0.05) is 61.2 Å². The Bertz CT molecular complexity index is 1020. The Morgan fingerprint density at radius 3 is 2.69 bits per heavy atom. The zero-order chi connectivity index (χ0) is 20.1. The minimum atomic E-state index is 0.257. The van der Waals surface area contributed by atoms with Gasteiger partial charge in [-0.25, -0.2) is 0 Å². The van der Waals surface area contributed by atoms with Crippen LogP contribution in [-0.2, 0) is 6.42 Å². The fourth-order valence-electron chi connectivity index (χ4n) is 4.01. The maximum absolute atomic E-state index is 8.79. The average molecular weight is 383 g/mol. The summed E-state index contributed by atoms with van der Waals surface area (Å²) in [6.07, 6.45) is 5.86. The average Bonchev–Trinajstić information content (AvgIpc) is 3.39. The fourth-order valence-corrected chi connectivity index (χ4v) is 4.01. The molecule has 1 aliphatic carbocycles. The van der Waals surface area contributed by atoms with Gasteiger partial charge >= 0.3 is 0 Å². The Morgan fingerprint density at radius 2 is 1.86 bits per heavy atom. The van der Waals surface area contributed by atoms with Gasteiger partial charge in [0.1, 0.15) is 0 Å². The molecule has 2 aromatic carbocycles. The van der Waals surface area contributed by atoms with E-state index in [2.05, 4.69) is 75.9 Å². The van der Waals surface area contributed by atoms with Gasteiger partial charge in [0.25, 0.3) is 0 Å². The Kier molecular flexibility index (Phi) is 5.62. The maximum Gasteiger partial charge on any atom is 0.176 e. The molecule has 1 aliphatic rings. The van der Waals surface area contributed by atoms with Crippen LogP contribution in [0.2, 0.25) is 0 Å². The van der Waals surface area contributed by atoms with Gasteiger partial charge in [-0.05, 0) is 42.9 Å². The first-order chi connectivity index (χ1) is 14.2. The molecule has 146 valence electrons. The molecule has 3 aromatic rings. The monoisotopic (exact) mass is 383 g/mol. The summed E-state index contributed by atoms with van der Waals surface area (Å²) in [4.78, 5) is 0. The Labute approximate surface area is 171 Å². The van der Waals surface area contributed by atoms with E-state index in [1.165, 1.54) is 11.1 Å². The van der Waals surface area contributed by atoms with Gasteiger partial charge < -0.3 is 10.6 Å². The van der Waals surface area contributed by atoms with Crippen LogP contribution < -0.4 is 10.6 Å². The third-order valence-electron chi connectivity index (χ3n) is 5.51. The van der Waals surface area contributed by atoms with Crippen LogP contribution in [0.15, 0.2) is 67.2 Å². The van der Waals surface area contributed by atoms with Crippen molar-refractivity contribution < 1.29 is 0 Å². The van der Waals surface area contributed by atoms with Crippen LogP contribution in [-0.4, -0.2) is 22.3 Å². The molecule has 4 rings (SSSR count). The van der Waals surface area contributed by atoms with E-state index in [0.29, 0.717) is 6.04 Å². The Hall–Kier alpha value is -3.52. The summed E-state index contributed by atoms with van der Waals surface area (Å²) < 4.78 is 0. The molecule has 3 N–H and O–H groups in total. The van der Waals surface area contributed by atoms with Gasteiger partial charge in [-0.2, -0.15) is 10.4 Å². The highest BCUT2D eigenvalue weighted by Crippen LogP contribution is 2.27. The molecular weight excluding hydrogens is 358 g/mol. The van der Waals surface area contributed by atoms with Crippen molar-refractivity contribution in [3.8, 4) is 17.5 Å². The van der Waals surface area contributed by atoms with Gasteiger partial charge in [-0.3, -0.25) is 5.10 Å². The molecule has 0 bridgehead atoms. The molecule has 0 saturated heterocycles. The summed E-state index contributed by atoms with van der Waals surface area (Å²) in [7, 11) is 0. The van der Waals surface area contributed by atoms with Crippen molar-refractivity contribution in [3.05, 3.63) is 84.1 Å². The largest absolute Gasteiger partial charge is 0.381 e. The third-order valence-corrected chi connectivity index (χ3v) is 5.51. The van der Waals surface area contributed by atoms with Crippen molar-refractivity contribution in [2.75, 3.05) is 0 Å². The van der Waals surface area contributed by atoms with E-state index < -0.39 is 0 Å². The summed E-state index contributed by atoms with van der Waals surface area (Å²) >= 11 is 0. The summed E-state index contributed by atoms with van der Waals surface area (Å²) in [5, 5.41) is 22.8. The summed E-state index contributed by atoms with van der Waals surface area (Å²) in [6.45, 7) is 4.19. The second-order valence-electron chi connectivity index (χ2n) is 7.57. The quantitative estimate of drug-likeness (QED) is 0.422. The van der Waals surface area contributed by atoms with Gasteiger partial charge in [0, 0.05) is 17.6 Å². The number of rotatable bonds is 7. The summed E-state index contributed by atoms with van der Waals surface area (Å²) in [5.41, 5.74) is 6.31. The number of benzene rings is 2. The highest BCUT2D eigenvalue weighted by atomic mass is 15.1. The van der Waals surface area contributed by atoms with E-state index in [1.54, 1.807) is 0 Å². The molecule has 2 atom stereocenters. The standard InChI is InChI=1S/C24H25N5/c1-17(27-21-12-11-20(14-21)26-16-25)23-15-24(29-28-23)22-10-6-5-9-19(22)13-18-7-3-2-4-8-18/h2-10,15,20-21,26-27H,1,11-14H2,(H,28,29). The molecule has 1 aromatic heterocycles. The van der Waals surface area contributed by atoms with E-state index in [-0.39, 0.29) is 6.04 Å². The smallest absolute Gasteiger partial charge is 0.176 e. The van der Waals surface area contributed by atoms with Crippen LogP contribution in [0.1, 0.15) is 36.1 Å². The summed E-state index contributed by atoms with van der Waals surface area (Å²) in [5.74, 6) is 0. The van der Waals surface area contributed by atoms with Crippen molar-refractivity contribution in [2.45, 2.75) is 37.8 Å². The minimum Gasteiger partial charge on any atom is -0.381 e. The predicted molar refractivity (Wildman–Crippen MR) is 116 cm³/mol. The molecule has 0 amide bonds. The van der Waals surface area contributed by atoms with Crippen molar-refractivity contribution in [1.82, 2.24) is 20.8 Å². The van der Waals surface area contributed by atoms with E-state index in [9.17, 15) is 0 Å². The zero-order valence-corrected chi connectivity index (χ0v) is 16.4. The van der Waals surface area contributed by atoms with Crippen LogP contribution in [0.25, 0.3) is 17.0 Å². The molecule has 5 nitrogen and oxygen atoms in total. The zero-order valence-electron chi connectivity index (χ0n) is 16.4. The molecule has 0 radical (unpaired) electrons. The SMILES string of the molecule is C=C(NC1CCC(NC#N)C1)c1cc(-c2ccccc2Cc2ccccc2)n[nH]1. The predicted octanol–water partition coefficient (Wildman–Crippen LogP) is 4.22. The van der Waals surface area contributed by atoms with Gasteiger partial charge in [-0.15, -0.1) is 0 Å². The first-order valence-electron chi connectivity index (χ1n) is 10.0. The first-order valence-corrected chi connectivity index (χ1v) is 10.0. The molecule has 0 spiro atoms. The van der Waals surface area contributed by atoms with Crippen LogP contribution in [0.4, 0.5) is 0 Å². The maximum atomic E-state index is 8.79. The second-order valence-corrected chi connectivity index (χ2v) is 7.57. The van der Waals surface area contributed by atoms with Crippen LogP contribution in [0, 0.1) is 11.5 Å². The highest BCUT2D eigenvalue weighted by molar-refractivity contribution is 5.69. The number of H-pyrrole nitrogens is 1. The van der Waals surface area contributed by atoms with E-state index in [1.807, 2.05) is 18.3 Å². The highest BCUT2D eigenvalue weighted by Gasteiger charge is 2.25. The van der Waals surface area contributed by atoms with E-state index >= 15 is 0 Å². The number of aromatic amines is 1. The number of hydrogen-bond donors (Lipinski definition) is 3. The minimum absolute atomic E-state index is 0.257. The van der Waals surface area contributed by atoms with Gasteiger partial charge in [0.05, 0.1) is 17.1 Å². The second kappa shape index (κ2) is 8.66.